The summed E-state index contributed by atoms with van der Waals surface area (Å²) in [6, 6.07) is 6.90. The monoisotopic (exact) mass is 409 g/mol. The highest BCUT2D eigenvalue weighted by Crippen LogP contribution is 2.55. The van der Waals surface area contributed by atoms with Gasteiger partial charge in [-0.3, -0.25) is 14.4 Å². The molecule has 3 aliphatic heterocycles. The number of fused-ring (bicyclic) bond motifs is 4. The molecule has 0 aromatic heterocycles. The highest BCUT2D eigenvalue weighted by atomic mass is 16.5. The first-order valence-electron chi connectivity index (χ1n) is 9.97. The van der Waals surface area contributed by atoms with Crippen molar-refractivity contribution < 1.29 is 24.2 Å². The fraction of sp³-hybridized carbons (Fsp3) is 0.409. The van der Waals surface area contributed by atoms with Crippen molar-refractivity contribution in [1.82, 2.24) is 10.2 Å². The third-order valence-electron chi connectivity index (χ3n) is 6.78. The molecule has 4 atom stereocenters. The minimum atomic E-state index is -0.922. The highest BCUT2D eigenvalue weighted by Gasteiger charge is 2.72. The van der Waals surface area contributed by atoms with E-state index in [1.165, 1.54) is 6.92 Å². The smallest absolute Gasteiger partial charge is 0.208 e. The Hall–Kier alpha value is -2.81. The number of piperazine rings is 1. The van der Waals surface area contributed by atoms with E-state index >= 15 is 0 Å². The van der Waals surface area contributed by atoms with Gasteiger partial charge in [-0.15, -0.1) is 0 Å². The van der Waals surface area contributed by atoms with E-state index in [0.29, 0.717) is 34.6 Å². The van der Waals surface area contributed by atoms with Gasteiger partial charge in [0.25, 0.3) is 0 Å². The highest BCUT2D eigenvalue weighted by molar-refractivity contribution is 6.26. The number of nitrogens with one attached hydrogen (secondary N) is 2. The van der Waals surface area contributed by atoms with Crippen LogP contribution < -0.4 is 10.6 Å². The summed E-state index contributed by atoms with van der Waals surface area (Å²) in [6.07, 6.45) is 0. The molecule has 8 heteroatoms. The van der Waals surface area contributed by atoms with Crippen LogP contribution in [0.1, 0.15) is 24.2 Å². The first kappa shape index (κ1) is 19.2. The zero-order chi connectivity index (χ0) is 21.4. The Morgan fingerprint density at radius 1 is 1.30 bits per heavy atom. The number of aliphatic hydroxyl groups is 1. The summed E-state index contributed by atoms with van der Waals surface area (Å²) < 4.78 is 5.88. The van der Waals surface area contributed by atoms with Crippen LogP contribution in [0.5, 0.6) is 0 Å². The number of allylic oxidation sites excluding steroid dienone is 2. The summed E-state index contributed by atoms with van der Waals surface area (Å²) in [5.41, 5.74) is 1.42. The number of carbonyl (C=O) groups is 3. The third-order valence-corrected chi connectivity index (χ3v) is 6.78. The summed E-state index contributed by atoms with van der Waals surface area (Å²) in [5.74, 6) is -1.21. The van der Waals surface area contributed by atoms with Crippen LogP contribution in [-0.4, -0.2) is 65.4 Å². The fourth-order valence-electron chi connectivity index (χ4n) is 5.23. The lowest BCUT2D eigenvalue weighted by Crippen LogP contribution is -2.54. The Morgan fingerprint density at radius 2 is 2.00 bits per heavy atom. The molecule has 0 bridgehead atoms. The molecule has 0 spiro atoms. The van der Waals surface area contributed by atoms with Crippen LogP contribution >= 0.6 is 0 Å². The van der Waals surface area contributed by atoms with Gasteiger partial charge in [-0.05, 0) is 38.1 Å². The average Bonchev–Trinajstić information content (AvgIpc) is 3.35. The zero-order valence-electron chi connectivity index (χ0n) is 17.0. The predicted molar refractivity (Wildman–Crippen MR) is 108 cm³/mol. The molecule has 8 nitrogen and oxygen atoms in total. The van der Waals surface area contributed by atoms with Crippen molar-refractivity contribution in [2.24, 2.45) is 5.92 Å². The quantitative estimate of drug-likeness (QED) is 0.368. The Labute approximate surface area is 173 Å². The minimum absolute atomic E-state index is 0.0262. The molecule has 30 heavy (non-hydrogen) atoms. The molecule has 1 aliphatic carbocycles. The number of ether oxygens (including phenoxy) is 1. The number of methoxy groups -OCH3 is 1. The van der Waals surface area contributed by atoms with Crippen LogP contribution in [0, 0.1) is 5.92 Å². The Balaban J connectivity index is 1.52. The van der Waals surface area contributed by atoms with Gasteiger partial charge in [0, 0.05) is 42.1 Å². The molecular formula is C22H23N3O5. The van der Waals surface area contributed by atoms with E-state index in [0.717, 1.165) is 0 Å². The summed E-state index contributed by atoms with van der Waals surface area (Å²) in [5, 5.41) is 16.6. The third kappa shape index (κ3) is 2.29. The molecule has 0 radical (unpaired) electrons. The molecule has 4 aliphatic rings. The average molecular weight is 409 g/mol. The van der Waals surface area contributed by atoms with E-state index < -0.39 is 11.6 Å². The number of benzene rings is 1. The normalized spacial score (nSPS) is 31.7. The number of nitrogens with zero attached hydrogens (tertiary/aromatic N) is 1. The Bertz CT molecular complexity index is 1060. The lowest BCUT2D eigenvalue weighted by Gasteiger charge is -2.39. The Kier molecular flexibility index (Phi) is 4.05. The molecule has 1 aromatic carbocycles. The van der Waals surface area contributed by atoms with E-state index in [-0.39, 0.29) is 41.7 Å². The van der Waals surface area contributed by atoms with E-state index in [2.05, 4.69) is 10.6 Å². The predicted octanol–water partition coefficient (Wildman–Crippen LogP) is 0.602. The topological polar surface area (TPSA) is 118 Å². The van der Waals surface area contributed by atoms with Crippen LogP contribution in [-0.2, 0) is 14.3 Å². The van der Waals surface area contributed by atoms with Crippen LogP contribution in [0.25, 0.3) is 0 Å². The SMILES string of the molecule is COC12C(CO)C3=C(C(=O)C(C)=C(Nc4ccc(C(C)=O)cc4)C3=O)N1CC1NC12. The molecule has 0 saturated carbocycles. The van der Waals surface area contributed by atoms with Gasteiger partial charge < -0.3 is 25.4 Å². The maximum atomic E-state index is 13.5. The molecule has 4 unspecified atom stereocenters. The lowest BCUT2D eigenvalue weighted by molar-refractivity contribution is -0.137. The van der Waals surface area contributed by atoms with Crippen molar-refractivity contribution >= 4 is 23.0 Å². The molecule has 156 valence electrons. The van der Waals surface area contributed by atoms with Crippen molar-refractivity contribution in [3.63, 3.8) is 0 Å². The molecular weight excluding hydrogens is 386 g/mol. The van der Waals surface area contributed by atoms with Crippen molar-refractivity contribution in [2.75, 3.05) is 25.6 Å². The number of hydrogen-bond donors (Lipinski definition) is 3. The second-order valence-electron chi connectivity index (χ2n) is 8.23. The summed E-state index contributed by atoms with van der Waals surface area (Å²) in [7, 11) is 1.56. The molecule has 1 aromatic rings. The molecule has 5 rings (SSSR count). The standard InChI is InChI=1S/C22H23N3O5/c1-10-17(23-13-6-4-12(5-7-13)11(2)27)20(29)16-14(9-26)22(30-3)21-15(24-21)8-25(22)18(16)19(10)28/h4-7,14-15,21,23-24,26H,8-9H2,1-3H3. The van der Waals surface area contributed by atoms with Crippen molar-refractivity contribution in [1.29, 1.82) is 0 Å². The lowest BCUT2D eigenvalue weighted by atomic mass is 9.82. The molecule has 3 heterocycles. The zero-order valence-corrected chi connectivity index (χ0v) is 17.0. The van der Waals surface area contributed by atoms with Crippen LogP contribution in [0.15, 0.2) is 46.8 Å². The minimum Gasteiger partial charge on any atom is -0.396 e. The first-order valence-corrected chi connectivity index (χ1v) is 9.97. The largest absolute Gasteiger partial charge is 0.396 e. The molecule has 3 N–H and O–H groups in total. The number of anilines is 1. The van der Waals surface area contributed by atoms with Gasteiger partial charge >= 0.3 is 0 Å². The van der Waals surface area contributed by atoms with Gasteiger partial charge in [-0.2, -0.15) is 0 Å². The second-order valence-corrected chi connectivity index (χ2v) is 8.23. The summed E-state index contributed by atoms with van der Waals surface area (Å²) in [4.78, 5) is 40.2. The van der Waals surface area contributed by atoms with E-state index in [4.69, 9.17) is 4.74 Å². The number of ketones is 3. The van der Waals surface area contributed by atoms with Gasteiger partial charge in [0.15, 0.2) is 11.5 Å². The van der Waals surface area contributed by atoms with Gasteiger partial charge in [0.1, 0.15) is 0 Å². The Morgan fingerprint density at radius 3 is 2.60 bits per heavy atom. The van der Waals surface area contributed by atoms with Crippen molar-refractivity contribution in [3.8, 4) is 0 Å². The fourth-order valence-corrected chi connectivity index (χ4v) is 5.23. The molecule has 2 fully saturated rings. The maximum absolute atomic E-state index is 13.5. The number of hydrogen-bond acceptors (Lipinski definition) is 8. The molecule has 0 amide bonds. The number of aliphatic hydroxyl groups excluding tert-OH is 1. The van der Waals surface area contributed by atoms with E-state index in [1.807, 2.05) is 4.90 Å². The van der Waals surface area contributed by atoms with Crippen LogP contribution in [0.3, 0.4) is 0 Å². The van der Waals surface area contributed by atoms with Crippen molar-refractivity contribution in [3.05, 3.63) is 52.4 Å². The van der Waals surface area contributed by atoms with Gasteiger partial charge in [0.05, 0.1) is 30.0 Å². The van der Waals surface area contributed by atoms with E-state index in [9.17, 15) is 19.5 Å². The summed E-state index contributed by atoms with van der Waals surface area (Å²) >= 11 is 0. The number of carbonyl (C=O) groups excluding carboxylic acids is 3. The van der Waals surface area contributed by atoms with Gasteiger partial charge in [0.2, 0.25) is 11.6 Å². The second kappa shape index (κ2) is 6.34. The summed E-state index contributed by atoms with van der Waals surface area (Å²) in [6.45, 7) is 3.38. The van der Waals surface area contributed by atoms with Crippen molar-refractivity contribution in [2.45, 2.75) is 31.7 Å². The first-order chi connectivity index (χ1) is 14.3. The van der Waals surface area contributed by atoms with Crippen LogP contribution in [0.2, 0.25) is 0 Å². The number of Topliss-reactive ketones (excluding diaryl/α,β-unsaturated/α-hetero) is 3. The van der Waals surface area contributed by atoms with Crippen LogP contribution in [0.4, 0.5) is 5.69 Å². The van der Waals surface area contributed by atoms with Gasteiger partial charge in [-0.25, -0.2) is 0 Å². The maximum Gasteiger partial charge on any atom is 0.208 e. The molecule has 2 saturated heterocycles. The van der Waals surface area contributed by atoms with E-state index in [1.54, 1.807) is 38.3 Å². The van der Waals surface area contributed by atoms with Gasteiger partial charge in [-0.1, -0.05) is 0 Å². The number of rotatable bonds is 5.